The first-order chi connectivity index (χ1) is 8.10. The van der Waals surface area contributed by atoms with E-state index in [0.717, 1.165) is 29.9 Å². The molecule has 98 valence electrons. The molecule has 0 radical (unpaired) electrons. The van der Waals surface area contributed by atoms with Crippen molar-refractivity contribution in [2.45, 2.75) is 33.9 Å². The minimum atomic E-state index is -0.349. The van der Waals surface area contributed by atoms with Crippen molar-refractivity contribution < 1.29 is 33.5 Å². The summed E-state index contributed by atoms with van der Waals surface area (Å²) in [7, 11) is 0. The van der Waals surface area contributed by atoms with Crippen molar-refractivity contribution in [2.24, 2.45) is 0 Å². The van der Waals surface area contributed by atoms with Crippen LogP contribution in [0.15, 0.2) is 18.2 Å². The number of hydrogen-bond acceptors (Lipinski definition) is 2. The van der Waals surface area contributed by atoms with Crippen LogP contribution in [0.1, 0.15) is 19.7 Å². The van der Waals surface area contributed by atoms with Crippen LogP contribution in [0.4, 0.5) is 5.69 Å². The third-order valence-electron chi connectivity index (χ3n) is 3.17. The van der Waals surface area contributed by atoms with Crippen LogP contribution in [0.5, 0.6) is 0 Å². The number of benzene rings is 1. The van der Waals surface area contributed by atoms with Crippen LogP contribution in [-0.2, 0) is 13.1 Å². The molecule has 18 heavy (non-hydrogen) atoms. The van der Waals surface area contributed by atoms with E-state index < -0.39 is 0 Å². The van der Waals surface area contributed by atoms with Crippen molar-refractivity contribution >= 4 is 16.7 Å². The second kappa shape index (κ2) is 5.64. The summed E-state index contributed by atoms with van der Waals surface area (Å²) in [5.41, 5.74) is 2.13. The Balaban J connectivity index is 0.00000162. The highest BCUT2D eigenvalue weighted by atomic mass is 127. The summed E-state index contributed by atoms with van der Waals surface area (Å²) in [6.45, 7) is 7.85. The number of hydrogen-bond donors (Lipinski definition) is 0. The molecule has 0 saturated heterocycles. The summed E-state index contributed by atoms with van der Waals surface area (Å²) >= 11 is 0. The highest BCUT2D eigenvalue weighted by Gasteiger charge is 2.21. The number of halogens is 1. The lowest BCUT2D eigenvalue weighted by Gasteiger charge is -1.94. The summed E-state index contributed by atoms with van der Waals surface area (Å²) in [5, 5.41) is 10.8. The van der Waals surface area contributed by atoms with Gasteiger partial charge in [-0.1, -0.05) is 0 Å². The van der Waals surface area contributed by atoms with Gasteiger partial charge in [0.05, 0.1) is 24.1 Å². The summed E-state index contributed by atoms with van der Waals surface area (Å²) < 4.78 is 4.27. The lowest BCUT2D eigenvalue weighted by molar-refractivity contribution is -0.674. The van der Waals surface area contributed by atoms with E-state index in [1.165, 1.54) is 0 Å². The number of nitrogens with zero attached hydrogens (tertiary/aromatic N) is 3. The Kier molecular flexibility index (Phi) is 4.66. The molecule has 0 spiro atoms. The van der Waals surface area contributed by atoms with Crippen LogP contribution >= 0.6 is 0 Å². The van der Waals surface area contributed by atoms with Crippen molar-refractivity contribution in [3.8, 4) is 0 Å². The second-order valence-corrected chi connectivity index (χ2v) is 3.97. The number of nitro groups is 1. The molecule has 0 aliphatic carbocycles. The maximum atomic E-state index is 10.8. The zero-order valence-corrected chi connectivity index (χ0v) is 12.8. The van der Waals surface area contributed by atoms with Gasteiger partial charge in [0.25, 0.3) is 11.5 Å². The molecule has 1 aromatic carbocycles. The Labute approximate surface area is 123 Å². The summed E-state index contributed by atoms with van der Waals surface area (Å²) in [6, 6.07) is 5.04. The van der Waals surface area contributed by atoms with Gasteiger partial charge in [0, 0.05) is 13.0 Å². The van der Waals surface area contributed by atoms with E-state index in [2.05, 4.69) is 16.1 Å². The number of fused-ring (bicyclic) bond motifs is 1. The van der Waals surface area contributed by atoms with Gasteiger partial charge in [0.15, 0.2) is 11.0 Å². The molecule has 1 heterocycles. The van der Waals surface area contributed by atoms with Gasteiger partial charge in [-0.05, 0) is 19.9 Å². The first-order valence-electron chi connectivity index (χ1n) is 5.77. The van der Waals surface area contributed by atoms with Crippen LogP contribution in [0.25, 0.3) is 11.0 Å². The molecule has 0 N–H and O–H groups in total. The lowest BCUT2D eigenvalue weighted by atomic mass is 10.2. The van der Waals surface area contributed by atoms with Gasteiger partial charge in [-0.3, -0.25) is 10.1 Å². The second-order valence-electron chi connectivity index (χ2n) is 3.97. The highest BCUT2D eigenvalue weighted by molar-refractivity contribution is 5.75. The van der Waals surface area contributed by atoms with E-state index in [1.54, 1.807) is 12.1 Å². The van der Waals surface area contributed by atoms with E-state index in [9.17, 15) is 10.1 Å². The maximum absolute atomic E-state index is 10.8. The van der Waals surface area contributed by atoms with Gasteiger partial charge in [0.2, 0.25) is 0 Å². The largest absolute Gasteiger partial charge is 1.00 e. The topological polar surface area (TPSA) is 52.0 Å². The molecule has 0 aliphatic rings. The number of aromatic nitrogens is 2. The van der Waals surface area contributed by atoms with Gasteiger partial charge < -0.3 is 24.0 Å². The third kappa shape index (κ3) is 2.21. The van der Waals surface area contributed by atoms with Gasteiger partial charge in [-0.2, -0.15) is 0 Å². The highest BCUT2D eigenvalue weighted by Crippen LogP contribution is 2.20. The maximum Gasteiger partial charge on any atom is 0.273 e. The molecule has 5 nitrogen and oxygen atoms in total. The molecule has 0 amide bonds. The Hall–Kier alpha value is -1.18. The van der Waals surface area contributed by atoms with Crippen LogP contribution in [-0.4, -0.2) is 9.49 Å². The Bertz CT molecular complexity index is 593. The SMILES string of the molecule is CCn1c(C)[n+](CC)c2ccc([N+](=O)[O-])cc21.[I-]. The van der Waals surface area contributed by atoms with Crippen LogP contribution < -0.4 is 28.5 Å². The molecular formula is C12H16IN3O2. The minimum absolute atomic E-state index is 0. The zero-order chi connectivity index (χ0) is 12.6. The molecule has 1 aromatic heterocycles. The molecule has 2 rings (SSSR count). The molecule has 0 bridgehead atoms. The van der Waals surface area contributed by atoms with Gasteiger partial charge in [-0.25, -0.2) is 9.13 Å². The summed E-state index contributed by atoms with van der Waals surface area (Å²) in [6.07, 6.45) is 0. The first-order valence-corrected chi connectivity index (χ1v) is 5.77. The van der Waals surface area contributed by atoms with E-state index >= 15 is 0 Å². The molecule has 0 aliphatic heterocycles. The molecule has 6 heteroatoms. The normalized spacial score (nSPS) is 10.4. The predicted molar refractivity (Wildman–Crippen MR) is 64.9 cm³/mol. The van der Waals surface area contributed by atoms with Crippen molar-refractivity contribution in [3.05, 3.63) is 34.1 Å². The molecule has 0 fully saturated rings. The van der Waals surface area contributed by atoms with Gasteiger partial charge in [0.1, 0.15) is 0 Å². The third-order valence-corrected chi connectivity index (χ3v) is 3.17. The van der Waals surface area contributed by atoms with E-state index in [4.69, 9.17) is 0 Å². The van der Waals surface area contributed by atoms with Crippen LogP contribution in [0.3, 0.4) is 0 Å². The zero-order valence-electron chi connectivity index (χ0n) is 10.7. The van der Waals surface area contributed by atoms with Crippen molar-refractivity contribution in [2.75, 3.05) is 0 Å². The number of rotatable bonds is 3. The average molecular weight is 361 g/mol. The molecule has 0 atom stereocenters. The first kappa shape index (κ1) is 14.9. The molecular weight excluding hydrogens is 345 g/mol. The van der Waals surface area contributed by atoms with Crippen molar-refractivity contribution in [3.63, 3.8) is 0 Å². The van der Waals surface area contributed by atoms with Crippen LogP contribution in [0.2, 0.25) is 0 Å². The Morgan fingerprint density at radius 3 is 2.56 bits per heavy atom. The standard InChI is InChI=1S/C12H16N3O2.HI/c1-4-13-9(3)14(5-2)12-8-10(15(16)17)6-7-11(12)13;/h6-8H,4-5H2,1-3H3;1H/q+1;/p-1. The minimum Gasteiger partial charge on any atom is -1.00 e. The molecule has 0 saturated carbocycles. The van der Waals surface area contributed by atoms with Gasteiger partial charge >= 0.3 is 0 Å². The predicted octanol–water partition coefficient (Wildman–Crippen LogP) is -0.811. The fourth-order valence-electron chi connectivity index (χ4n) is 2.36. The van der Waals surface area contributed by atoms with Crippen molar-refractivity contribution in [1.82, 2.24) is 4.57 Å². The summed E-state index contributed by atoms with van der Waals surface area (Å²) in [4.78, 5) is 10.4. The smallest absolute Gasteiger partial charge is 0.273 e. The monoisotopic (exact) mass is 361 g/mol. The lowest BCUT2D eigenvalue weighted by Crippen LogP contribution is -3.00. The van der Waals surface area contributed by atoms with Gasteiger partial charge in [-0.15, -0.1) is 0 Å². The molecule has 0 unspecified atom stereocenters. The van der Waals surface area contributed by atoms with E-state index in [0.29, 0.717) is 0 Å². The number of aryl methyl sites for hydroxylation is 2. The van der Waals surface area contributed by atoms with E-state index in [-0.39, 0.29) is 34.6 Å². The average Bonchev–Trinajstić information content (AvgIpc) is 2.58. The Morgan fingerprint density at radius 1 is 1.39 bits per heavy atom. The number of nitro benzene ring substituents is 1. The van der Waals surface area contributed by atoms with Crippen molar-refractivity contribution in [1.29, 1.82) is 0 Å². The number of imidazole rings is 1. The Morgan fingerprint density at radius 2 is 2.06 bits per heavy atom. The summed E-state index contributed by atoms with van der Waals surface area (Å²) in [5.74, 6) is 1.13. The fraction of sp³-hybridized carbons (Fsp3) is 0.417. The fourth-order valence-corrected chi connectivity index (χ4v) is 2.36. The molecule has 2 aromatic rings. The quantitative estimate of drug-likeness (QED) is 0.311. The van der Waals surface area contributed by atoms with E-state index in [1.807, 2.05) is 19.9 Å². The number of non-ortho nitro benzene ring substituents is 1. The van der Waals surface area contributed by atoms with Crippen LogP contribution in [0, 0.1) is 17.0 Å².